The van der Waals surface area contributed by atoms with Crippen molar-refractivity contribution in [3.8, 4) is 11.4 Å². The average Bonchev–Trinajstić information content (AvgIpc) is 2.45. The van der Waals surface area contributed by atoms with E-state index in [1.807, 2.05) is 36.4 Å². The summed E-state index contributed by atoms with van der Waals surface area (Å²) in [4.78, 5) is 8.92. The highest BCUT2D eigenvalue weighted by Gasteiger charge is 2.01. The molecule has 0 aliphatic rings. The van der Waals surface area contributed by atoms with E-state index >= 15 is 0 Å². The number of hydrogen-bond acceptors (Lipinski definition) is 3. The van der Waals surface area contributed by atoms with Crippen LogP contribution >= 0.6 is 0 Å². The van der Waals surface area contributed by atoms with Crippen LogP contribution in [0.25, 0.3) is 11.4 Å². The molecule has 0 unspecified atom stereocenters. The molecule has 2 heterocycles. The van der Waals surface area contributed by atoms with Crippen LogP contribution in [0.5, 0.6) is 0 Å². The van der Waals surface area contributed by atoms with Gasteiger partial charge in [0.05, 0.1) is 11.4 Å². The Hall–Kier alpha value is -1.74. The Balaban J connectivity index is 2.02. The fourth-order valence-electron chi connectivity index (χ4n) is 1.87. The normalized spacial score (nSPS) is 10.5. The maximum atomic E-state index is 8.73. The molecule has 3 heteroatoms. The van der Waals surface area contributed by atoms with Gasteiger partial charge < -0.3 is 5.11 Å². The molecular weight excluding hydrogens is 224 g/mol. The van der Waals surface area contributed by atoms with Gasteiger partial charge in [0, 0.05) is 18.5 Å². The monoisotopic (exact) mass is 242 g/mol. The molecule has 2 aromatic rings. The van der Waals surface area contributed by atoms with Crippen molar-refractivity contribution in [1.82, 2.24) is 9.97 Å². The second kappa shape index (κ2) is 6.87. The van der Waals surface area contributed by atoms with E-state index < -0.39 is 0 Å². The molecule has 0 amide bonds. The van der Waals surface area contributed by atoms with Crippen molar-refractivity contribution < 1.29 is 5.11 Å². The molecule has 0 atom stereocenters. The third kappa shape index (κ3) is 3.64. The quantitative estimate of drug-likeness (QED) is 0.792. The summed E-state index contributed by atoms with van der Waals surface area (Å²) in [5, 5.41) is 8.73. The van der Waals surface area contributed by atoms with E-state index in [9.17, 15) is 0 Å². The van der Waals surface area contributed by atoms with E-state index in [1.165, 1.54) is 0 Å². The number of rotatable bonds is 6. The minimum Gasteiger partial charge on any atom is -0.396 e. The molecule has 0 fully saturated rings. The third-order valence-corrected chi connectivity index (χ3v) is 2.83. The lowest BCUT2D eigenvalue weighted by molar-refractivity contribution is 0.283. The Morgan fingerprint density at radius 3 is 2.56 bits per heavy atom. The third-order valence-electron chi connectivity index (χ3n) is 2.83. The van der Waals surface area contributed by atoms with Crippen molar-refractivity contribution >= 4 is 0 Å². The van der Waals surface area contributed by atoms with Gasteiger partial charge in [0.1, 0.15) is 0 Å². The maximum Gasteiger partial charge on any atom is 0.0889 e. The van der Waals surface area contributed by atoms with E-state index in [1.54, 1.807) is 6.20 Å². The molecule has 0 spiro atoms. The summed E-state index contributed by atoms with van der Waals surface area (Å²) in [6.07, 6.45) is 5.73. The predicted molar refractivity (Wildman–Crippen MR) is 72.1 cm³/mol. The van der Waals surface area contributed by atoms with Gasteiger partial charge in [-0.25, -0.2) is 0 Å². The fourth-order valence-corrected chi connectivity index (χ4v) is 1.87. The van der Waals surface area contributed by atoms with Gasteiger partial charge in [-0.05, 0) is 43.5 Å². The molecule has 0 aliphatic carbocycles. The smallest absolute Gasteiger partial charge is 0.0889 e. The van der Waals surface area contributed by atoms with Crippen LogP contribution in [0.1, 0.15) is 25.0 Å². The molecule has 0 radical (unpaired) electrons. The number of nitrogens with zero attached hydrogens (tertiary/aromatic N) is 2. The second-order valence-corrected chi connectivity index (χ2v) is 4.26. The lowest BCUT2D eigenvalue weighted by atomic mass is 10.1. The van der Waals surface area contributed by atoms with Crippen molar-refractivity contribution in [2.45, 2.75) is 25.7 Å². The number of aromatic nitrogens is 2. The number of pyridine rings is 2. The SMILES string of the molecule is OCCCCCc1cccc(-c2ccccn2)n1. The van der Waals surface area contributed by atoms with E-state index in [0.717, 1.165) is 42.8 Å². The minimum atomic E-state index is 0.279. The number of unbranched alkanes of at least 4 members (excludes halogenated alkanes) is 2. The zero-order chi connectivity index (χ0) is 12.6. The summed E-state index contributed by atoms with van der Waals surface area (Å²) >= 11 is 0. The molecule has 0 aliphatic heterocycles. The lowest BCUT2D eigenvalue weighted by Gasteiger charge is -2.04. The van der Waals surface area contributed by atoms with Crippen LogP contribution in [0.4, 0.5) is 0 Å². The Morgan fingerprint density at radius 1 is 0.889 bits per heavy atom. The molecule has 3 nitrogen and oxygen atoms in total. The Bertz CT molecular complexity index is 471. The first kappa shape index (κ1) is 12.7. The highest BCUT2D eigenvalue weighted by molar-refractivity contribution is 5.53. The molecule has 0 saturated carbocycles. The summed E-state index contributed by atoms with van der Waals surface area (Å²) in [6.45, 7) is 0.279. The second-order valence-electron chi connectivity index (χ2n) is 4.26. The molecule has 0 saturated heterocycles. The van der Waals surface area contributed by atoms with Crippen LogP contribution in [-0.2, 0) is 6.42 Å². The first-order chi connectivity index (χ1) is 8.90. The maximum absolute atomic E-state index is 8.73. The Labute approximate surface area is 108 Å². The molecule has 2 rings (SSSR count). The summed E-state index contributed by atoms with van der Waals surface area (Å²) < 4.78 is 0. The molecule has 0 aromatic carbocycles. The minimum absolute atomic E-state index is 0.279. The molecule has 2 aromatic heterocycles. The summed E-state index contributed by atoms with van der Waals surface area (Å²) in [5.74, 6) is 0. The van der Waals surface area contributed by atoms with Crippen LogP contribution in [0.3, 0.4) is 0 Å². The predicted octanol–water partition coefficient (Wildman–Crippen LogP) is 2.85. The van der Waals surface area contributed by atoms with Gasteiger partial charge in [0.15, 0.2) is 0 Å². The van der Waals surface area contributed by atoms with Crippen LogP contribution in [0.15, 0.2) is 42.6 Å². The topological polar surface area (TPSA) is 46.0 Å². The van der Waals surface area contributed by atoms with Gasteiger partial charge in [0.2, 0.25) is 0 Å². The molecule has 18 heavy (non-hydrogen) atoms. The van der Waals surface area contributed by atoms with Gasteiger partial charge in [-0.15, -0.1) is 0 Å². The van der Waals surface area contributed by atoms with Gasteiger partial charge >= 0.3 is 0 Å². The lowest BCUT2D eigenvalue weighted by Crippen LogP contribution is -1.94. The van der Waals surface area contributed by atoms with Gasteiger partial charge in [-0.3, -0.25) is 9.97 Å². The summed E-state index contributed by atoms with van der Waals surface area (Å²) in [6, 6.07) is 11.9. The average molecular weight is 242 g/mol. The molecule has 1 N–H and O–H groups in total. The van der Waals surface area contributed by atoms with Gasteiger partial charge in [-0.2, -0.15) is 0 Å². The first-order valence-corrected chi connectivity index (χ1v) is 6.38. The Morgan fingerprint density at radius 2 is 1.78 bits per heavy atom. The standard InChI is InChI=1S/C15H18N2O/c18-12-5-1-2-7-13-8-6-10-15(17-13)14-9-3-4-11-16-14/h3-4,6,8-11,18H,1-2,5,7,12H2. The number of hydrogen-bond donors (Lipinski definition) is 1. The summed E-state index contributed by atoms with van der Waals surface area (Å²) in [7, 11) is 0. The molecule has 0 bridgehead atoms. The van der Waals surface area contributed by atoms with Gasteiger partial charge in [-0.1, -0.05) is 18.6 Å². The largest absolute Gasteiger partial charge is 0.396 e. The van der Waals surface area contributed by atoms with E-state index in [2.05, 4.69) is 9.97 Å². The highest BCUT2D eigenvalue weighted by atomic mass is 16.2. The zero-order valence-electron chi connectivity index (χ0n) is 10.4. The van der Waals surface area contributed by atoms with Crippen molar-refractivity contribution in [2.75, 3.05) is 6.61 Å². The Kier molecular flexibility index (Phi) is 4.85. The van der Waals surface area contributed by atoms with Crippen molar-refractivity contribution in [3.05, 3.63) is 48.3 Å². The zero-order valence-corrected chi connectivity index (χ0v) is 10.4. The fraction of sp³-hybridized carbons (Fsp3) is 0.333. The van der Waals surface area contributed by atoms with Crippen molar-refractivity contribution in [3.63, 3.8) is 0 Å². The number of aliphatic hydroxyl groups is 1. The number of aryl methyl sites for hydroxylation is 1. The van der Waals surface area contributed by atoms with Crippen molar-refractivity contribution in [1.29, 1.82) is 0 Å². The number of aliphatic hydroxyl groups excluding tert-OH is 1. The van der Waals surface area contributed by atoms with Crippen LogP contribution < -0.4 is 0 Å². The highest BCUT2D eigenvalue weighted by Crippen LogP contribution is 2.14. The van der Waals surface area contributed by atoms with E-state index in [4.69, 9.17) is 5.11 Å². The van der Waals surface area contributed by atoms with Crippen molar-refractivity contribution in [2.24, 2.45) is 0 Å². The van der Waals surface area contributed by atoms with E-state index in [0.29, 0.717) is 0 Å². The molecular formula is C15H18N2O. The van der Waals surface area contributed by atoms with Crippen LogP contribution in [0, 0.1) is 0 Å². The summed E-state index contributed by atoms with van der Waals surface area (Å²) in [5.41, 5.74) is 2.93. The van der Waals surface area contributed by atoms with E-state index in [-0.39, 0.29) is 6.61 Å². The van der Waals surface area contributed by atoms with Crippen LogP contribution in [0.2, 0.25) is 0 Å². The molecule has 94 valence electrons. The first-order valence-electron chi connectivity index (χ1n) is 6.38. The van der Waals surface area contributed by atoms with Crippen LogP contribution in [-0.4, -0.2) is 21.7 Å². The van der Waals surface area contributed by atoms with Gasteiger partial charge in [0.25, 0.3) is 0 Å².